The first kappa shape index (κ1) is 15.9. The zero-order chi connectivity index (χ0) is 17.3. The van der Waals surface area contributed by atoms with Crippen LogP contribution in [0.25, 0.3) is 0 Å². The minimum atomic E-state index is -0.627. The second-order valence-corrected chi connectivity index (χ2v) is 5.63. The zero-order valence-electron chi connectivity index (χ0n) is 12.3. The summed E-state index contributed by atoms with van der Waals surface area (Å²) in [6.07, 6.45) is 0. The highest BCUT2D eigenvalue weighted by Crippen LogP contribution is 2.29. The third-order valence-electron chi connectivity index (χ3n) is 3.51. The first-order valence-electron chi connectivity index (χ1n) is 7.06. The van der Waals surface area contributed by atoms with Gasteiger partial charge in [0.1, 0.15) is 22.9 Å². The number of halogens is 1. The quantitative estimate of drug-likeness (QED) is 0.419. The van der Waals surface area contributed by atoms with Crippen molar-refractivity contribution in [2.24, 2.45) is 0 Å². The molecule has 4 N–H and O–H groups in total. The highest BCUT2D eigenvalue weighted by Gasteiger charge is 2.21. The molecule has 3 aromatic carbocycles. The molecular formula is C17H13ClN2O4. The predicted molar refractivity (Wildman–Crippen MR) is 93.2 cm³/mol. The number of aromatic hydroxyl groups is 2. The van der Waals surface area contributed by atoms with E-state index in [9.17, 15) is 19.8 Å². The molecule has 122 valence electrons. The second kappa shape index (κ2) is 6.25. The summed E-state index contributed by atoms with van der Waals surface area (Å²) >= 11 is 5.82. The molecule has 6 nitrogen and oxygen atoms in total. The Morgan fingerprint density at radius 1 is 0.958 bits per heavy atom. The number of rotatable bonds is 5. The number of anilines is 3. The van der Waals surface area contributed by atoms with Gasteiger partial charge >= 0.3 is 0 Å². The molecule has 0 bridgehead atoms. The number of hydrogen-bond donors (Lipinski definition) is 4. The molecular weight excluding hydrogens is 332 g/mol. The normalized spacial score (nSPS) is 10.7. The summed E-state index contributed by atoms with van der Waals surface area (Å²) in [6, 6.07) is 10.9. The summed E-state index contributed by atoms with van der Waals surface area (Å²) in [4.78, 5) is 23.5. The van der Waals surface area contributed by atoms with Crippen LogP contribution in [0, 0.1) is 0 Å². The van der Waals surface area contributed by atoms with Crippen LogP contribution in [-0.4, -0.2) is 10.2 Å². The van der Waals surface area contributed by atoms with E-state index in [4.69, 9.17) is 11.6 Å². The van der Waals surface area contributed by atoms with Crippen molar-refractivity contribution in [3.05, 3.63) is 73.5 Å². The van der Waals surface area contributed by atoms with E-state index >= 15 is 0 Å². The number of phenols is 2. The third-order valence-corrected chi connectivity index (χ3v) is 3.81. The molecule has 0 amide bonds. The lowest BCUT2D eigenvalue weighted by Gasteiger charge is -2.15. The van der Waals surface area contributed by atoms with E-state index in [1.807, 2.05) is 0 Å². The maximum absolute atomic E-state index is 11.8. The van der Waals surface area contributed by atoms with E-state index in [0.717, 1.165) is 5.56 Å². The molecule has 0 aliphatic rings. The fraction of sp³-hybridized carbons (Fsp3) is 0.0588. The molecule has 7 heteroatoms. The maximum Gasteiger partial charge on any atom is 0.253 e. The summed E-state index contributed by atoms with van der Waals surface area (Å²) < 4.78 is 0. The standard InChI is InChI=1S/C17H13ClN2O4/c18-12-7-10(4-5-13(12)22)20-15-14(16(23)17(15)24)19-8-9-2-1-3-11(21)6-9/h1-7,19-22H,8H2. The van der Waals surface area contributed by atoms with Gasteiger partial charge in [-0.25, -0.2) is 0 Å². The lowest BCUT2D eigenvalue weighted by Crippen LogP contribution is -2.36. The number of nitrogens with one attached hydrogen (secondary N) is 2. The molecule has 0 aliphatic carbocycles. The average Bonchev–Trinajstić information content (AvgIpc) is 2.57. The Labute approximate surface area is 141 Å². The van der Waals surface area contributed by atoms with E-state index < -0.39 is 10.9 Å². The van der Waals surface area contributed by atoms with Crippen LogP contribution in [0.4, 0.5) is 17.1 Å². The zero-order valence-corrected chi connectivity index (χ0v) is 13.1. The fourth-order valence-electron chi connectivity index (χ4n) is 2.27. The summed E-state index contributed by atoms with van der Waals surface area (Å²) in [5.41, 5.74) is 0.321. The van der Waals surface area contributed by atoms with Gasteiger partial charge in [0.05, 0.1) is 5.02 Å². The van der Waals surface area contributed by atoms with Crippen molar-refractivity contribution in [2.45, 2.75) is 6.54 Å². The van der Waals surface area contributed by atoms with Crippen LogP contribution in [0.2, 0.25) is 5.02 Å². The minimum absolute atomic E-state index is 0.0746. The summed E-state index contributed by atoms with van der Waals surface area (Å²) in [7, 11) is 0. The number of benzene rings is 2. The SMILES string of the molecule is O=c1c(NCc2cccc(O)c2)c(Nc2ccc(O)c(Cl)c2)c1=O. The van der Waals surface area contributed by atoms with E-state index in [2.05, 4.69) is 10.6 Å². The van der Waals surface area contributed by atoms with Crippen LogP contribution in [0.1, 0.15) is 5.56 Å². The number of hydrogen-bond acceptors (Lipinski definition) is 6. The van der Waals surface area contributed by atoms with Crippen molar-refractivity contribution < 1.29 is 10.2 Å². The van der Waals surface area contributed by atoms with Crippen molar-refractivity contribution in [1.82, 2.24) is 0 Å². The van der Waals surface area contributed by atoms with Gasteiger partial charge in [-0.15, -0.1) is 0 Å². The number of phenolic OH excluding ortho intramolecular Hbond substituents is 2. The van der Waals surface area contributed by atoms with Crippen molar-refractivity contribution in [2.75, 3.05) is 10.6 Å². The van der Waals surface area contributed by atoms with Crippen LogP contribution in [-0.2, 0) is 6.54 Å². The fourth-order valence-corrected chi connectivity index (χ4v) is 2.45. The van der Waals surface area contributed by atoms with Gasteiger partial charge in [-0.2, -0.15) is 0 Å². The third kappa shape index (κ3) is 3.04. The molecule has 0 aromatic heterocycles. The van der Waals surface area contributed by atoms with Crippen molar-refractivity contribution in [1.29, 1.82) is 0 Å². The van der Waals surface area contributed by atoms with Crippen molar-refractivity contribution in [3.63, 3.8) is 0 Å². The van der Waals surface area contributed by atoms with Gasteiger partial charge in [-0.05, 0) is 35.9 Å². The lowest BCUT2D eigenvalue weighted by atomic mass is 10.1. The Morgan fingerprint density at radius 2 is 1.71 bits per heavy atom. The lowest BCUT2D eigenvalue weighted by molar-refractivity contribution is 0.474. The molecule has 0 radical (unpaired) electrons. The Hall–Kier alpha value is -2.99. The second-order valence-electron chi connectivity index (χ2n) is 5.22. The van der Waals surface area contributed by atoms with Gasteiger partial charge < -0.3 is 20.8 Å². The van der Waals surface area contributed by atoms with Gasteiger partial charge in [-0.3, -0.25) is 9.59 Å². The highest BCUT2D eigenvalue weighted by molar-refractivity contribution is 6.32. The smallest absolute Gasteiger partial charge is 0.253 e. The van der Waals surface area contributed by atoms with Crippen LogP contribution in [0.15, 0.2) is 52.1 Å². The van der Waals surface area contributed by atoms with Crippen LogP contribution < -0.4 is 21.5 Å². The van der Waals surface area contributed by atoms with Crippen molar-refractivity contribution >= 4 is 28.7 Å². The molecule has 0 fully saturated rings. The Bertz CT molecular complexity index is 977. The topological polar surface area (TPSA) is 98.7 Å². The highest BCUT2D eigenvalue weighted by atomic mass is 35.5. The van der Waals surface area contributed by atoms with E-state index in [1.54, 1.807) is 24.3 Å². The van der Waals surface area contributed by atoms with Crippen LogP contribution in [0.5, 0.6) is 11.5 Å². The molecule has 0 atom stereocenters. The Morgan fingerprint density at radius 3 is 2.42 bits per heavy atom. The minimum Gasteiger partial charge on any atom is -0.508 e. The van der Waals surface area contributed by atoms with Gasteiger partial charge in [0.25, 0.3) is 10.9 Å². The Balaban J connectivity index is 1.78. The molecule has 0 spiro atoms. The summed E-state index contributed by atoms with van der Waals surface area (Å²) in [6.45, 7) is 0.282. The molecule has 3 rings (SSSR count). The maximum atomic E-state index is 11.8. The van der Waals surface area contributed by atoms with Gasteiger partial charge in [-0.1, -0.05) is 23.7 Å². The van der Waals surface area contributed by atoms with Gasteiger partial charge in [0, 0.05) is 12.2 Å². The molecule has 3 aromatic rings. The molecule has 0 saturated carbocycles. The molecule has 0 heterocycles. The van der Waals surface area contributed by atoms with Crippen LogP contribution in [0.3, 0.4) is 0 Å². The average molecular weight is 345 g/mol. The van der Waals surface area contributed by atoms with E-state index in [1.165, 1.54) is 18.2 Å². The summed E-state index contributed by atoms with van der Waals surface area (Å²) in [5.74, 6) is 0.0471. The van der Waals surface area contributed by atoms with E-state index in [0.29, 0.717) is 5.69 Å². The molecule has 0 saturated heterocycles. The first-order chi connectivity index (χ1) is 11.5. The van der Waals surface area contributed by atoms with Crippen molar-refractivity contribution in [3.8, 4) is 11.5 Å². The predicted octanol–water partition coefficient (Wildman–Crippen LogP) is 2.70. The molecule has 24 heavy (non-hydrogen) atoms. The molecule has 0 unspecified atom stereocenters. The molecule has 0 aliphatic heterocycles. The largest absolute Gasteiger partial charge is 0.508 e. The monoisotopic (exact) mass is 344 g/mol. The summed E-state index contributed by atoms with van der Waals surface area (Å²) in [5, 5.41) is 24.7. The Kier molecular flexibility index (Phi) is 4.14. The van der Waals surface area contributed by atoms with Gasteiger partial charge in [0.2, 0.25) is 0 Å². The van der Waals surface area contributed by atoms with Gasteiger partial charge in [0.15, 0.2) is 0 Å². The first-order valence-corrected chi connectivity index (χ1v) is 7.44. The van der Waals surface area contributed by atoms with Crippen LogP contribution >= 0.6 is 11.6 Å². The van der Waals surface area contributed by atoms with E-state index in [-0.39, 0.29) is 34.4 Å².